The summed E-state index contributed by atoms with van der Waals surface area (Å²) in [6.45, 7) is 1.44. The molecule has 3 rings (SSSR count). The molecule has 9 nitrogen and oxygen atoms in total. The Bertz CT molecular complexity index is 1330. The maximum absolute atomic E-state index is 13.0. The van der Waals surface area contributed by atoms with E-state index in [1.54, 1.807) is 0 Å². The highest BCUT2D eigenvalue weighted by Gasteiger charge is 2.36. The molecule has 1 aromatic heterocycles. The molecule has 1 aromatic carbocycles. The number of sulfone groups is 1. The van der Waals surface area contributed by atoms with E-state index in [1.165, 1.54) is 36.2 Å². The van der Waals surface area contributed by atoms with Crippen molar-refractivity contribution < 1.29 is 31.1 Å². The van der Waals surface area contributed by atoms with Crippen LogP contribution in [0.5, 0.6) is 5.75 Å². The second-order valence-electron chi connectivity index (χ2n) is 9.65. The largest absolute Gasteiger partial charge is 0.496 e. The Hall–Kier alpha value is -2.98. The fourth-order valence-electron chi connectivity index (χ4n) is 4.55. The molecule has 1 atom stereocenters. The Balaban J connectivity index is 1.83. The van der Waals surface area contributed by atoms with Crippen LogP contribution in [0.2, 0.25) is 5.02 Å². The number of hydrogen-bond donors (Lipinski definition) is 2. The van der Waals surface area contributed by atoms with Crippen molar-refractivity contribution in [1.29, 1.82) is 5.26 Å². The van der Waals surface area contributed by atoms with Crippen molar-refractivity contribution in [2.45, 2.75) is 63.0 Å². The molecular formula is C25H31ClF3N5O4S. The highest BCUT2D eigenvalue weighted by Crippen LogP contribution is 2.39. The van der Waals surface area contributed by atoms with E-state index in [4.69, 9.17) is 21.6 Å². The van der Waals surface area contributed by atoms with E-state index in [9.17, 15) is 26.4 Å². The number of alkyl halides is 3. The summed E-state index contributed by atoms with van der Waals surface area (Å²) >= 11 is 6.63. The molecular weight excluding hydrogens is 559 g/mol. The van der Waals surface area contributed by atoms with E-state index >= 15 is 0 Å². The summed E-state index contributed by atoms with van der Waals surface area (Å²) in [5.41, 5.74) is 0.780. The number of benzene rings is 1. The molecule has 1 amide bonds. The molecule has 0 bridgehead atoms. The van der Waals surface area contributed by atoms with Gasteiger partial charge in [-0.15, -0.1) is 0 Å². The molecule has 2 aromatic rings. The van der Waals surface area contributed by atoms with Crippen LogP contribution in [0.1, 0.15) is 49.5 Å². The van der Waals surface area contributed by atoms with Crippen molar-refractivity contribution in [3.63, 3.8) is 0 Å². The predicted molar refractivity (Wildman–Crippen MR) is 142 cm³/mol. The number of nitrogens with zero attached hydrogens (tertiary/aromatic N) is 3. The van der Waals surface area contributed by atoms with Crippen LogP contribution in [0.3, 0.4) is 0 Å². The van der Waals surface area contributed by atoms with Gasteiger partial charge in [-0.25, -0.2) is 8.42 Å². The van der Waals surface area contributed by atoms with E-state index in [-0.39, 0.29) is 52.0 Å². The summed E-state index contributed by atoms with van der Waals surface area (Å²) in [6, 6.07) is 4.55. The Morgan fingerprint density at radius 3 is 2.54 bits per heavy atom. The third-order valence-corrected chi connectivity index (χ3v) is 8.87. The van der Waals surface area contributed by atoms with E-state index in [2.05, 4.69) is 15.7 Å². The van der Waals surface area contributed by atoms with E-state index in [1.807, 2.05) is 6.07 Å². The highest BCUT2D eigenvalue weighted by molar-refractivity contribution is 7.91. The number of nitrogens with one attached hydrogen (secondary N) is 2. The van der Waals surface area contributed by atoms with Gasteiger partial charge in [-0.05, 0) is 50.7 Å². The van der Waals surface area contributed by atoms with Crippen molar-refractivity contribution in [3.8, 4) is 23.1 Å². The molecule has 1 aliphatic rings. The third kappa shape index (κ3) is 7.57. The Kier molecular flexibility index (Phi) is 9.77. The molecule has 0 aliphatic heterocycles. The van der Waals surface area contributed by atoms with Gasteiger partial charge < -0.3 is 15.4 Å². The first kappa shape index (κ1) is 30.6. The molecule has 0 unspecified atom stereocenters. The van der Waals surface area contributed by atoms with Crippen LogP contribution < -0.4 is 15.4 Å². The molecule has 1 aliphatic carbocycles. The van der Waals surface area contributed by atoms with Gasteiger partial charge in [0.2, 0.25) is 0 Å². The quantitative estimate of drug-likeness (QED) is 0.407. The van der Waals surface area contributed by atoms with Gasteiger partial charge in [0.15, 0.2) is 5.69 Å². The first-order valence-electron chi connectivity index (χ1n) is 12.4. The molecule has 39 heavy (non-hydrogen) atoms. The van der Waals surface area contributed by atoms with Crippen LogP contribution in [0.4, 0.5) is 18.9 Å². The van der Waals surface area contributed by atoms with Crippen LogP contribution in [-0.2, 0) is 16.4 Å². The number of ether oxygens (including phenoxy) is 1. The van der Waals surface area contributed by atoms with Gasteiger partial charge in [0.1, 0.15) is 21.6 Å². The second-order valence-corrected chi connectivity index (χ2v) is 12.4. The molecule has 0 radical (unpaired) electrons. The van der Waals surface area contributed by atoms with Gasteiger partial charge in [0.25, 0.3) is 5.91 Å². The first-order valence-corrected chi connectivity index (χ1v) is 14.7. The van der Waals surface area contributed by atoms with Crippen molar-refractivity contribution in [2.75, 3.05) is 25.2 Å². The zero-order chi connectivity index (χ0) is 29.0. The normalized spacial score (nSPS) is 18.7. The van der Waals surface area contributed by atoms with Gasteiger partial charge in [0, 0.05) is 30.1 Å². The first-order chi connectivity index (χ1) is 18.3. The zero-order valence-corrected chi connectivity index (χ0v) is 23.4. The van der Waals surface area contributed by atoms with Crippen LogP contribution >= 0.6 is 11.6 Å². The third-order valence-electron chi connectivity index (χ3n) is 6.83. The predicted octanol–water partition coefficient (Wildman–Crippen LogP) is 4.82. The molecule has 214 valence electrons. The minimum absolute atomic E-state index is 0.00823. The topological polar surface area (TPSA) is 126 Å². The number of aryl methyl sites for hydroxylation is 1. The van der Waals surface area contributed by atoms with Crippen LogP contribution in [0.25, 0.3) is 11.3 Å². The Morgan fingerprint density at radius 2 is 1.97 bits per heavy atom. The minimum atomic E-state index is -4.44. The average Bonchev–Trinajstić information content (AvgIpc) is 3.20. The summed E-state index contributed by atoms with van der Waals surface area (Å²) in [5, 5.41) is 18.3. The molecule has 0 spiro atoms. The summed E-state index contributed by atoms with van der Waals surface area (Å²) in [6.07, 6.45) is -0.722. The molecule has 1 saturated carbocycles. The second kappa shape index (κ2) is 12.5. The summed E-state index contributed by atoms with van der Waals surface area (Å²) < 4.78 is 69.4. The number of hydrogen-bond acceptors (Lipinski definition) is 7. The van der Waals surface area contributed by atoms with Crippen molar-refractivity contribution >= 4 is 33.0 Å². The number of carbonyl (C=O) groups excluding carboxylic acids is 1. The number of nitriles is 1. The summed E-state index contributed by atoms with van der Waals surface area (Å²) in [7, 11) is -1.74. The number of halogens is 4. The van der Waals surface area contributed by atoms with Crippen molar-refractivity contribution in [3.05, 3.63) is 28.9 Å². The van der Waals surface area contributed by atoms with E-state index in [0.29, 0.717) is 37.8 Å². The molecule has 0 saturated heterocycles. The number of rotatable bonds is 10. The fourth-order valence-corrected chi connectivity index (χ4v) is 6.00. The smallest absolute Gasteiger partial charge is 0.408 e. The van der Waals surface area contributed by atoms with Gasteiger partial charge in [-0.2, -0.15) is 23.5 Å². The fraction of sp³-hybridized carbons (Fsp3) is 0.560. The zero-order valence-electron chi connectivity index (χ0n) is 21.8. The van der Waals surface area contributed by atoms with E-state index < -0.39 is 28.0 Å². The number of amides is 1. The monoisotopic (exact) mass is 589 g/mol. The van der Waals surface area contributed by atoms with Crippen LogP contribution in [0.15, 0.2) is 18.2 Å². The molecule has 1 heterocycles. The van der Waals surface area contributed by atoms with Gasteiger partial charge >= 0.3 is 6.18 Å². The SMILES string of the molecule is COc1cc(N[C@H](C)C(F)(F)F)ccc1-c1c(Cl)c(C(=O)NC[C@H]2CC[C@H](S(C)(=O)=O)CC2)nn1CCC#N. The number of aromatic nitrogens is 2. The lowest BCUT2D eigenvalue weighted by Crippen LogP contribution is -2.34. The Labute approximate surface area is 230 Å². The van der Waals surface area contributed by atoms with Gasteiger partial charge in [-0.1, -0.05) is 11.6 Å². The Morgan fingerprint density at radius 1 is 1.31 bits per heavy atom. The summed E-state index contributed by atoms with van der Waals surface area (Å²) in [5.74, 6) is -0.215. The van der Waals surface area contributed by atoms with E-state index in [0.717, 1.165) is 6.92 Å². The molecule has 1 fully saturated rings. The maximum Gasteiger partial charge on any atom is 0.408 e. The average molecular weight is 590 g/mol. The summed E-state index contributed by atoms with van der Waals surface area (Å²) in [4.78, 5) is 13.0. The number of methoxy groups -OCH3 is 1. The lowest BCUT2D eigenvalue weighted by Gasteiger charge is -2.27. The maximum atomic E-state index is 13.0. The number of anilines is 1. The van der Waals surface area contributed by atoms with Crippen LogP contribution in [0, 0.1) is 17.2 Å². The van der Waals surface area contributed by atoms with Crippen molar-refractivity contribution in [1.82, 2.24) is 15.1 Å². The van der Waals surface area contributed by atoms with Gasteiger partial charge in [0.05, 0.1) is 42.1 Å². The van der Waals surface area contributed by atoms with Crippen LogP contribution in [-0.4, -0.2) is 61.5 Å². The minimum Gasteiger partial charge on any atom is -0.496 e. The standard InChI is InChI=1S/C25H31ClF3N5O4S/c1-15(25(27,28)29)32-17-7-10-19(20(13-17)38-2)23-21(26)22(33-34(23)12-4-11-30)24(35)31-14-16-5-8-18(9-6-16)39(3,36)37/h7,10,13,15-16,18,32H,4-6,8-9,12,14H2,1-3H3,(H,31,35)/t15-,16-,18-/m1/s1. The lowest BCUT2D eigenvalue weighted by molar-refractivity contribution is -0.138. The van der Waals surface area contributed by atoms with Gasteiger partial charge in [-0.3, -0.25) is 9.48 Å². The highest BCUT2D eigenvalue weighted by atomic mass is 35.5. The molecule has 14 heteroatoms. The van der Waals surface area contributed by atoms with Crippen molar-refractivity contribution in [2.24, 2.45) is 5.92 Å². The lowest BCUT2D eigenvalue weighted by atomic mass is 9.89. The molecule has 2 N–H and O–H groups in total. The number of carbonyl (C=O) groups is 1.